The largest absolute Gasteiger partial charge is 0.457 e. The van der Waals surface area contributed by atoms with E-state index in [9.17, 15) is 9.59 Å². The van der Waals surface area contributed by atoms with Gasteiger partial charge >= 0.3 is 11.9 Å². The van der Waals surface area contributed by atoms with Crippen LogP contribution in [0.3, 0.4) is 0 Å². The number of esters is 2. The lowest BCUT2D eigenvalue weighted by molar-refractivity contribution is -0.169. The zero-order valence-corrected chi connectivity index (χ0v) is 12.6. The van der Waals surface area contributed by atoms with Crippen molar-refractivity contribution in [3.8, 4) is 0 Å². The second-order valence-corrected chi connectivity index (χ2v) is 6.98. The Balaban J connectivity index is 1.13. The van der Waals surface area contributed by atoms with E-state index in [0.29, 0.717) is 49.5 Å². The minimum absolute atomic E-state index is 0.293. The van der Waals surface area contributed by atoms with E-state index in [-0.39, 0.29) is 0 Å². The van der Waals surface area contributed by atoms with Crippen molar-refractivity contribution in [2.75, 3.05) is 13.2 Å². The molecule has 0 aromatic heterocycles. The summed E-state index contributed by atoms with van der Waals surface area (Å²) in [7, 11) is 0. The highest BCUT2D eigenvalue weighted by atomic mass is 16.6. The van der Waals surface area contributed by atoms with Crippen molar-refractivity contribution in [2.24, 2.45) is 11.8 Å². The normalized spacial score (nSPS) is 41.8. The first kappa shape index (κ1) is 14.5. The van der Waals surface area contributed by atoms with Gasteiger partial charge in [0, 0.05) is 0 Å². The van der Waals surface area contributed by atoms with E-state index in [1.807, 2.05) is 0 Å². The Morgan fingerprint density at radius 3 is 1.59 bits per heavy atom. The van der Waals surface area contributed by atoms with Crippen molar-refractivity contribution in [1.29, 1.82) is 0 Å². The van der Waals surface area contributed by atoms with E-state index >= 15 is 0 Å². The Kier molecular flexibility index (Phi) is 3.82. The van der Waals surface area contributed by atoms with E-state index < -0.39 is 11.9 Å². The molecule has 0 aromatic rings. The van der Waals surface area contributed by atoms with Crippen LogP contribution in [0.15, 0.2) is 0 Å². The molecule has 6 heteroatoms. The lowest BCUT2D eigenvalue weighted by atomic mass is 9.90. The van der Waals surface area contributed by atoms with Crippen molar-refractivity contribution in [1.82, 2.24) is 0 Å². The second-order valence-electron chi connectivity index (χ2n) is 6.98. The van der Waals surface area contributed by atoms with Gasteiger partial charge in [-0.15, -0.1) is 0 Å². The maximum absolute atomic E-state index is 11.7. The highest BCUT2D eigenvalue weighted by molar-refractivity contribution is 6.29. The quantitative estimate of drug-likeness (QED) is 0.441. The van der Waals surface area contributed by atoms with E-state index in [1.165, 1.54) is 0 Å². The molecule has 0 amide bonds. The molecule has 6 unspecified atom stereocenters. The fourth-order valence-corrected chi connectivity index (χ4v) is 3.78. The summed E-state index contributed by atoms with van der Waals surface area (Å²) in [5, 5.41) is 0. The summed E-state index contributed by atoms with van der Waals surface area (Å²) in [6.07, 6.45) is 7.47. The van der Waals surface area contributed by atoms with Crippen LogP contribution in [0.2, 0.25) is 0 Å². The van der Waals surface area contributed by atoms with Gasteiger partial charge in [-0.25, -0.2) is 9.59 Å². The van der Waals surface area contributed by atoms with E-state index in [2.05, 4.69) is 0 Å². The zero-order valence-electron chi connectivity index (χ0n) is 12.6. The standard InChI is InChI=1S/C16H22O6/c17-15(19-7-9-1-3-11-13(5-9)21-11)16(18)20-8-10-2-4-12-14(6-10)22-12/h9-14H,1-8H2. The summed E-state index contributed by atoms with van der Waals surface area (Å²) in [4.78, 5) is 23.3. The van der Waals surface area contributed by atoms with Gasteiger partial charge in [0.2, 0.25) is 0 Å². The van der Waals surface area contributed by atoms with E-state index in [0.717, 1.165) is 38.5 Å². The third-order valence-corrected chi connectivity index (χ3v) is 5.29. The highest BCUT2D eigenvalue weighted by Gasteiger charge is 2.45. The zero-order chi connectivity index (χ0) is 15.1. The Bertz CT molecular complexity index is 422. The Morgan fingerprint density at radius 1 is 0.727 bits per heavy atom. The summed E-state index contributed by atoms with van der Waals surface area (Å²) in [5.41, 5.74) is 0. The number of hydrogen-bond acceptors (Lipinski definition) is 6. The first-order valence-electron chi connectivity index (χ1n) is 8.34. The summed E-state index contributed by atoms with van der Waals surface area (Å²) in [6.45, 7) is 0.586. The van der Waals surface area contributed by atoms with Crippen LogP contribution >= 0.6 is 0 Å². The van der Waals surface area contributed by atoms with Crippen LogP contribution in [0.4, 0.5) is 0 Å². The van der Waals surface area contributed by atoms with Crippen molar-refractivity contribution in [2.45, 2.75) is 62.9 Å². The molecule has 2 aliphatic heterocycles. The smallest absolute Gasteiger partial charge is 0.417 e. The number of rotatable bonds is 4. The molecule has 4 aliphatic rings. The number of ether oxygens (including phenoxy) is 4. The van der Waals surface area contributed by atoms with Gasteiger partial charge in [0.1, 0.15) is 0 Å². The van der Waals surface area contributed by atoms with E-state index in [4.69, 9.17) is 18.9 Å². The minimum Gasteiger partial charge on any atom is -0.457 e. The third-order valence-electron chi connectivity index (χ3n) is 5.29. The first-order valence-corrected chi connectivity index (χ1v) is 8.34. The Labute approximate surface area is 129 Å². The predicted octanol–water partition coefficient (Wildman–Crippen LogP) is 1.21. The molecule has 0 bridgehead atoms. The van der Waals surface area contributed by atoms with Crippen molar-refractivity contribution in [3.63, 3.8) is 0 Å². The molecule has 4 fully saturated rings. The average molecular weight is 310 g/mol. The van der Waals surface area contributed by atoms with Crippen LogP contribution in [-0.4, -0.2) is 49.6 Å². The molecule has 22 heavy (non-hydrogen) atoms. The van der Waals surface area contributed by atoms with Gasteiger partial charge in [-0.2, -0.15) is 0 Å². The molecule has 0 N–H and O–H groups in total. The van der Waals surface area contributed by atoms with Gasteiger partial charge in [0.25, 0.3) is 0 Å². The number of hydrogen-bond donors (Lipinski definition) is 0. The van der Waals surface area contributed by atoms with Crippen LogP contribution in [0, 0.1) is 11.8 Å². The molecule has 2 aliphatic carbocycles. The summed E-state index contributed by atoms with van der Waals surface area (Å²) >= 11 is 0. The number of carbonyl (C=O) groups excluding carboxylic acids is 2. The molecule has 0 spiro atoms. The predicted molar refractivity (Wildman–Crippen MR) is 73.9 cm³/mol. The fourth-order valence-electron chi connectivity index (χ4n) is 3.78. The molecule has 2 saturated carbocycles. The molecular weight excluding hydrogens is 288 g/mol. The third kappa shape index (κ3) is 3.27. The topological polar surface area (TPSA) is 77.7 Å². The number of carbonyl (C=O) groups is 2. The van der Waals surface area contributed by atoms with Crippen molar-refractivity contribution < 1.29 is 28.5 Å². The minimum atomic E-state index is -0.866. The van der Waals surface area contributed by atoms with Crippen LogP contribution in [0.25, 0.3) is 0 Å². The van der Waals surface area contributed by atoms with Crippen LogP contribution in [0.1, 0.15) is 38.5 Å². The molecular formula is C16H22O6. The van der Waals surface area contributed by atoms with Crippen LogP contribution < -0.4 is 0 Å². The lowest BCUT2D eigenvalue weighted by Crippen LogP contribution is -2.27. The molecule has 6 nitrogen and oxygen atoms in total. The van der Waals surface area contributed by atoms with Crippen molar-refractivity contribution >= 4 is 11.9 Å². The first-order chi connectivity index (χ1) is 10.7. The van der Waals surface area contributed by atoms with Gasteiger partial charge < -0.3 is 18.9 Å². The number of epoxide rings is 2. The summed E-state index contributed by atoms with van der Waals surface area (Å²) in [6, 6.07) is 0. The fraction of sp³-hybridized carbons (Fsp3) is 0.875. The maximum Gasteiger partial charge on any atom is 0.417 e. The maximum atomic E-state index is 11.7. The second kappa shape index (κ2) is 5.81. The molecule has 0 radical (unpaired) electrons. The van der Waals surface area contributed by atoms with Crippen LogP contribution in [-0.2, 0) is 28.5 Å². The van der Waals surface area contributed by atoms with Crippen LogP contribution in [0.5, 0.6) is 0 Å². The molecule has 2 saturated heterocycles. The van der Waals surface area contributed by atoms with Gasteiger partial charge in [0.15, 0.2) is 0 Å². The molecule has 6 atom stereocenters. The SMILES string of the molecule is O=C(OCC1CCC2OC2C1)C(=O)OCC1CCC2OC2C1. The Hall–Kier alpha value is -1.14. The van der Waals surface area contributed by atoms with Gasteiger partial charge in [-0.1, -0.05) is 0 Å². The van der Waals surface area contributed by atoms with E-state index in [1.54, 1.807) is 0 Å². The summed E-state index contributed by atoms with van der Waals surface area (Å²) < 4.78 is 21.0. The average Bonchev–Trinajstić information content (AvgIpc) is 3.43. The summed E-state index contributed by atoms with van der Waals surface area (Å²) in [5.74, 6) is -1.11. The Morgan fingerprint density at radius 2 is 1.18 bits per heavy atom. The molecule has 0 aromatic carbocycles. The lowest BCUT2D eigenvalue weighted by Gasteiger charge is -2.19. The number of fused-ring (bicyclic) bond motifs is 2. The van der Waals surface area contributed by atoms with Crippen molar-refractivity contribution in [3.05, 3.63) is 0 Å². The molecule has 122 valence electrons. The monoisotopic (exact) mass is 310 g/mol. The van der Waals surface area contributed by atoms with Gasteiger partial charge in [0.05, 0.1) is 37.6 Å². The van der Waals surface area contributed by atoms with Gasteiger partial charge in [-0.05, 0) is 50.4 Å². The van der Waals surface area contributed by atoms with Gasteiger partial charge in [-0.3, -0.25) is 0 Å². The molecule has 2 heterocycles. The highest BCUT2D eigenvalue weighted by Crippen LogP contribution is 2.40. The molecule has 4 rings (SSSR count).